The van der Waals surface area contributed by atoms with E-state index in [-0.39, 0.29) is 17.2 Å². The maximum Gasteiger partial charge on any atom is 0.435 e. The standard InChI is InChI=1S/C19H12F7N5/c20-11-3-6-15-29-17(19(24,25)26)16(30(15)9-11)13-7-28-8-14(27)31(13)12-4-1-10(2-5-12)18(21,22)23/h1-9,13H,27H2. The quantitative estimate of drug-likeness (QED) is 0.574. The molecule has 0 aliphatic carbocycles. The van der Waals surface area contributed by atoms with Gasteiger partial charge in [-0.2, -0.15) is 26.3 Å². The predicted octanol–water partition coefficient (Wildman–Crippen LogP) is 4.90. The van der Waals surface area contributed by atoms with Gasteiger partial charge in [0.25, 0.3) is 0 Å². The minimum Gasteiger partial charge on any atom is -0.384 e. The van der Waals surface area contributed by atoms with Crippen LogP contribution >= 0.6 is 0 Å². The number of pyridine rings is 1. The van der Waals surface area contributed by atoms with E-state index in [9.17, 15) is 30.7 Å². The second-order valence-corrected chi connectivity index (χ2v) is 6.63. The van der Waals surface area contributed by atoms with Crippen LogP contribution < -0.4 is 10.6 Å². The van der Waals surface area contributed by atoms with Gasteiger partial charge in [-0.15, -0.1) is 0 Å². The zero-order chi connectivity index (χ0) is 22.6. The number of nitrogens with zero attached hydrogens (tertiary/aromatic N) is 4. The Morgan fingerprint density at radius 1 is 0.903 bits per heavy atom. The first-order valence-electron chi connectivity index (χ1n) is 8.67. The average Bonchev–Trinajstić information content (AvgIpc) is 3.06. The minimum atomic E-state index is -4.90. The SMILES string of the molecule is NC1=CN=CC(c2c(C(F)(F)F)nc3ccc(F)cn23)N1c1ccc(C(F)(F)F)cc1. The number of halogens is 7. The lowest BCUT2D eigenvalue weighted by Gasteiger charge is -2.33. The van der Waals surface area contributed by atoms with Gasteiger partial charge in [-0.25, -0.2) is 9.37 Å². The highest BCUT2D eigenvalue weighted by molar-refractivity contribution is 5.78. The van der Waals surface area contributed by atoms with Crippen LogP contribution in [0, 0.1) is 5.82 Å². The van der Waals surface area contributed by atoms with Crippen molar-refractivity contribution in [2.75, 3.05) is 4.90 Å². The van der Waals surface area contributed by atoms with Gasteiger partial charge >= 0.3 is 12.4 Å². The van der Waals surface area contributed by atoms with Crippen LogP contribution in [0.4, 0.5) is 36.4 Å². The van der Waals surface area contributed by atoms with Gasteiger partial charge in [-0.1, -0.05) is 0 Å². The number of imidazole rings is 1. The average molecular weight is 443 g/mol. The highest BCUT2D eigenvalue weighted by Gasteiger charge is 2.42. The number of aliphatic imine (C=N–C) groups is 1. The van der Waals surface area contributed by atoms with E-state index in [4.69, 9.17) is 5.73 Å². The van der Waals surface area contributed by atoms with Crippen LogP contribution in [0.2, 0.25) is 0 Å². The van der Waals surface area contributed by atoms with Crippen molar-refractivity contribution in [1.29, 1.82) is 0 Å². The number of hydrogen-bond acceptors (Lipinski definition) is 4. The van der Waals surface area contributed by atoms with E-state index in [1.165, 1.54) is 0 Å². The molecule has 3 heterocycles. The molecule has 0 saturated carbocycles. The van der Waals surface area contributed by atoms with Gasteiger partial charge in [0.05, 0.1) is 17.5 Å². The first-order valence-corrected chi connectivity index (χ1v) is 8.67. The number of anilines is 1. The maximum atomic E-state index is 13.8. The molecule has 12 heteroatoms. The van der Waals surface area contributed by atoms with E-state index in [1.807, 2.05) is 0 Å². The Balaban J connectivity index is 1.90. The van der Waals surface area contributed by atoms with Crippen molar-refractivity contribution in [3.8, 4) is 0 Å². The molecular weight excluding hydrogens is 431 g/mol. The Bertz CT molecular complexity index is 1190. The largest absolute Gasteiger partial charge is 0.435 e. The van der Waals surface area contributed by atoms with Crippen molar-refractivity contribution in [3.63, 3.8) is 0 Å². The van der Waals surface area contributed by atoms with Crippen LogP contribution in [0.3, 0.4) is 0 Å². The summed E-state index contributed by atoms with van der Waals surface area (Å²) in [5, 5.41) is 0. The smallest absolute Gasteiger partial charge is 0.384 e. The van der Waals surface area contributed by atoms with Crippen molar-refractivity contribution >= 4 is 17.5 Å². The fourth-order valence-electron chi connectivity index (χ4n) is 3.33. The molecule has 1 aliphatic heterocycles. The van der Waals surface area contributed by atoms with Gasteiger partial charge in [-0.05, 0) is 36.4 Å². The minimum absolute atomic E-state index is 0.0809. The lowest BCUT2D eigenvalue weighted by atomic mass is 10.1. The Hall–Kier alpha value is -3.57. The molecule has 1 unspecified atom stereocenters. The van der Waals surface area contributed by atoms with E-state index in [0.29, 0.717) is 0 Å². The molecule has 0 bridgehead atoms. The van der Waals surface area contributed by atoms with Crippen molar-refractivity contribution in [2.45, 2.75) is 18.4 Å². The summed E-state index contributed by atoms with van der Waals surface area (Å²) in [6.45, 7) is 0. The van der Waals surface area contributed by atoms with Crippen LogP contribution in [0.15, 0.2) is 59.6 Å². The van der Waals surface area contributed by atoms with Crippen LogP contribution in [0.5, 0.6) is 0 Å². The third-order valence-electron chi connectivity index (χ3n) is 4.63. The van der Waals surface area contributed by atoms with Gasteiger partial charge in [0.1, 0.15) is 23.3 Å². The van der Waals surface area contributed by atoms with Crippen molar-refractivity contribution < 1.29 is 30.7 Å². The molecule has 1 aromatic carbocycles. The molecule has 0 spiro atoms. The number of nitrogens with two attached hydrogens (primary N) is 1. The highest BCUT2D eigenvalue weighted by atomic mass is 19.4. The molecule has 31 heavy (non-hydrogen) atoms. The Morgan fingerprint density at radius 3 is 2.19 bits per heavy atom. The van der Waals surface area contributed by atoms with Gasteiger partial charge in [-0.3, -0.25) is 9.39 Å². The molecule has 0 fully saturated rings. The zero-order valence-electron chi connectivity index (χ0n) is 15.3. The Kier molecular flexibility index (Phi) is 4.67. The first-order chi connectivity index (χ1) is 14.5. The van der Waals surface area contributed by atoms with Crippen LogP contribution in [0.25, 0.3) is 5.65 Å². The summed E-state index contributed by atoms with van der Waals surface area (Å²) in [4.78, 5) is 8.58. The second kappa shape index (κ2) is 7.00. The van der Waals surface area contributed by atoms with Crippen LogP contribution in [-0.2, 0) is 12.4 Å². The van der Waals surface area contributed by atoms with Gasteiger partial charge in [0.2, 0.25) is 0 Å². The number of fused-ring (bicyclic) bond motifs is 1. The summed E-state index contributed by atoms with van der Waals surface area (Å²) in [5.74, 6) is -0.927. The van der Waals surface area contributed by atoms with E-state index in [0.717, 1.165) is 64.3 Å². The molecular formula is C19H12F7N5. The predicted molar refractivity (Wildman–Crippen MR) is 97.6 cm³/mol. The lowest BCUT2D eigenvalue weighted by molar-refractivity contribution is -0.141. The van der Waals surface area contributed by atoms with Gasteiger partial charge in [0, 0.05) is 18.1 Å². The van der Waals surface area contributed by atoms with E-state index < -0.39 is 41.2 Å². The number of benzene rings is 1. The number of alkyl halides is 6. The Morgan fingerprint density at radius 2 is 1.58 bits per heavy atom. The molecule has 0 amide bonds. The summed E-state index contributed by atoms with van der Waals surface area (Å²) in [6.07, 6.45) is -6.39. The summed E-state index contributed by atoms with van der Waals surface area (Å²) in [6, 6.07) is 4.43. The molecule has 5 nitrogen and oxygen atoms in total. The second-order valence-electron chi connectivity index (χ2n) is 6.63. The van der Waals surface area contributed by atoms with Crippen molar-refractivity contribution in [1.82, 2.24) is 9.38 Å². The zero-order valence-corrected chi connectivity index (χ0v) is 15.3. The van der Waals surface area contributed by atoms with Crippen LogP contribution in [-0.4, -0.2) is 15.6 Å². The molecule has 4 rings (SSSR count). The summed E-state index contributed by atoms with van der Waals surface area (Å²) in [7, 11) is 0. The summed E-state index contributed by atoms with van der Waals surface area (Å²) in [5.41, 5.74) is 3.13. The summed E-state index contributed by atoms with van der Waals surface area (Å²) < 4.78 is 94.7. The molecule has 0 saturated heterocycles. The summed E-state index contributed by atoms with van der Waals surface area (Å²) >= 11 is 0. The number of aromatic nitrogens is 2. The fraction of sp³-hybridized carbons (Fsp3) is 0.158. The van der Waals surface area contributed by atoms with Crippen molar-refractivity contribution in [2.24, 2.45) is 10.7 Å². The van der Waals surface area contributed by atoms with Crippen molar-refractivity contribution in [3.05, 3.63) is 77.4 Å². The molecule has 1 atom stereocenters. The molecule has 0 radical (unpaired) electrons. The maximum absolute atomic E-state index is 13.8. The van der Waals surface area contributed by atoms with E-state index in [2.05, 4.69) is 9.98 Å². The van der Waals surface area contributed by atoms with E-state index >= 15 is 0 Å². The highest BCUT2D eigenvalue weighted by Crippen LogP contribution is 2.40. The third kappa shape index (κ3) is 3.68. The number of hydrogen-bond donors (Lipinski definition) is 1. The molecule has 3 aromatic rings. The van der Waals surface area contributed by atoms with Gasteiger partial charge < -0.3 is 10.6 Å². The topological polar surface area (TPSA) is 58.9 Å². The Labute approximate surface area is 169 Å². The van der Waals surface area contributed by atoms with Gasteiger partial charge in [0.15, 0.2) is 5.69 Å². The molecule has 2 N–H and O–H groups in total. The normalized spacial score (nSPS) is 17.3. The van der Waals surface area contributed by atoms with E-state index in [1.54, 1.807) is 0 Å². The molecule has 162 valence electrons. The monoisotopic (exact) mass is 443 g/mol. The van der Waals surface area contributed by atoms with Crippen LogP contribution in [0.1, 0.15) is 23.0 Å². The fourth-order valence-corrected chi connectivity index (χ4v) is 3.33. The lowest BCUT2D eigenvalue weighted by Crippen LogP contribution is -2.36. The number of rotatable bonds is 2. The molecule has 2 aromatic heterocycles. The molecule has 1 aliphatic rings. The third-order valence-corrected chi connectivity index (χ3v) is 4.63. The first kappa shape index (κ1) is 20.7.